The van der Waals surface area contributed by atoms with Crippen LogP contribution in [0.5, 0.6) is 0 Å². The summed E-state index contributed by atoms with van der Waals surface area (Å²) in [5.74, 6) is -0.0702. The topological polar surface area (TPSA) is 153 Å². The van der Waals surface area contributed by atoms with Crippen LogP contribution in [0.1, 0.15) is 11.1 Å². The standard InChI is InChI=1S/C22H18ClN7O4S2/c1-13-3-5-17(6-4-13)36(33,34)30-20-9-14(8-18(19(20)11-25-30)22-26-28-29-27-22)15-7-16(12-35(2,31)32)21(23)24-10-15/h3-11H,12H2,1-2H3,(H,26,27,28,29). The number of benzene rings is 2. The Bertz CT molecular complexity index is 1820. The zero-order valence-electron chi connectivity index (χ0n) is 18.9. The van der Waals surface area contributed by atoms with E-state index in [2.05, 4.69) is 30.7 Å². The summed E-state index contributed by atoms with van der Waals surface area (Å²) in [6, 6.07) is 11.4. The van der Waals surface area contributed by atoms with Crippen molar-refractivity contribution in [2.75, 3.05) is 6.26 Å². The lowest BCUT2D eigenvalue weighted by atomic mass is 10.0. The molecule has 0 aliphatic carbocycles. The summed E-state index contributed by atoms with van der Waals surface area (Å²) in [7, 11) is -7.42. The van der Waals surface area contributed by atoms with Gasteiger partial charge in [0.1, 0.15) is 5.15 Å². The fourth-order valence-corrected chi connectivity index (χ4v) is 6.06. The monoisotopic (exact) mass is 543 g/mol. The Labute approximate surface area is 211 Å². The molecule has 0 aliphatic heterocycles. The number of halogens is 1. The molecule has 14 heteroatoms. The minimum absolute atomic E-state index is 0.0654. The predicted octanol–water partition coefficient (Wildman–Crippen LogP) is 3.02. The van der Waals surface area contributed by atoms with Crippen LogP contribution in [0.3, 0.4) is 0 Å². The van der Waals surface area contributed by atoms with E-state index < -0.39 is 19.9 Å². The van der Waals surface area contributed by atoms with Gasteiger partial charge in [-0.15, -0.1) is 10.2 Å². The molecule has 1 N–H and O–H groups in total. The highest BCUT2D eigenvalue weighted by molar-refractivity contribution is 7.90. The van der Waals surface area contributed by atoms with Gasteiger partial charge in [0.2, 0.25) is 5.82 Å². The molecule has 11 nitrogen and oxygen atoms in total. The highest BCUT2D eigenvalue weighted by atomic mass is 35.5. The average molecular weight is 544 g/mol. The first-order valence-corrected chi connectivity index (χ1v) is 14.3. The number of pyridine rings is 1. The minimum atomic E-state index is -4.04. The highest BCUT2D eigenvalue weighted by Crippen LogP contribution is 2.34. The minimum Gasteiger partial charge on any atom is -0.244 e. The van der Waals surface area contributed by atoms with Crippen LogP contribution in [0.25, 0.3) is 33.4 Å². The van der Waals surface area contributed by atoms with Crippen molar-refractivity contribution in [2.45, 2.75) is 17.6 Å². The van der Waals surface area contributed by atoms with Crippen LogP contribution in [0.2, 0.25) is 5.15 Å². The van der Waals surface area contributed by atoms with Crippen LogP contribution in [-0.2, 0) is 25.6 Å². The zero-order chi connectivity index (χ0) is 25.7. The number of sulfone groups is 1. The Morgan fingerprint density at radius 3 is 2.42 bits per heavy atom. The first-order chi connectivity index (χ1) is 17.0. The van der Waals surface area contributed by atoms with E-state index in [9.17, 15) is 16.8 Å². The predicted molar refractivity (Wildman–Crippen MR) is 133 cm³/mol. The maximum absolute atomic E-state index is 13.5. The molecule has 36 heavy (non-hydrogen) atoms. The second-order valence-corrected chi connectivity index (χ2v) is 12.5. The Balaban J connectivity index is 1.75. The number of aromatic amines is 1. The summed E-state index contributed by atoms with van der Waals surface area (Å²) >= 11 is 6.14. The molecule has 3 heterocycles. The SMILES string of the molecule is Cc1ccc(S(=O)(=O)n2ncc3c(-c4nn[nH]n4)cc(-c4cnc(Cl)c(CS(C)(=O)=O)c4)cc32)cc1. The average Bonchev–Trinajstić information content (AvgIpc) is 3.50. The van der Waals surface area contributed by atoms with Gasteiger partial charge in [-0.25, -0.2) is 13.4 Å². The first kappa shape index (κ1) is 24.0. The van der Waals surface area contributed by atoms with Crippen molar-refractivity contribution in [2.24, 2.45) is 0 Å². The number of hydrogen-bond acceptors (Lipinski definition) is 9. The Kier molecular flexibility index (Phi) is 5.85. The molecule has 0 aliphatic rings. The van der Waals surface area contributed by atoms with E-state index in [0.717, 1.165) is 15.9 Å². The van der Waals surface area contributed by atoms with Gasteiger partial charge in [-0.05, 0) is 48.0 Å². The molecule has 3 aromatic heterocycles. The van der Waals surface area contributed by atoms with Crippen molar-refractivity contribution in [1.29, 1.82) is 0 Å². The van der Waals surface area contributed by atoms with Gasteiger partial charge in [0.25, 0.3) is 10.0 Å². The number of tetrazole rings is 1. The van der Waals surface area contributed by atoms with Gasteiger partial charge in [0, 0.05) is 34.5 Å². The van der Waals surface area contributed by atoms with Crippen molar-refractivity contribution in [3.05, 3.63) is 71.1 Å². The van der Waals surface area contributed by atoms with Crippen LogP contribution >= 0.6 is 11.6 Å². The summed E-state index contributed by atoms with van der Waals surface area (Å²) in [5, 5.41) is 18.8. The van der Waals surface area contributed by atoms with Gasteiger partial charge >= 0.3 is 0 Å². The van der Waals surface area contributed by atoms with E-state index in [1.165, 1.54) is 24.5 Å². The fourth-order valence-electron chi connectivity index (χ4n) is 3.77. The molecular weight excluding hydrogens is 526 g/mol. The molecule has 5 rings (SSSR count). The third-order valence-electron chi connectivity index (χ3n) is 5.45. The Morgan fingerprint density at radius 2 is 1.75 bits per heavy atom. The Morgan fingerprint density at radius 1 is 1.00 bits per heavy atom. The van der Waals surface area contributed by atoms with Gasteiger partial charge in [-0.2, -0.15) is 22.8 Å². The normalized spacial score (nSPS) is 12.3. The van der Waals surface area contributed by atoms with Gasteiger partial charge in [0.15, 0.2) is 9.84 Å². The van der Waals surface area contributed by atoms with Crippen molar-refractivity contribution < 1.29 is 16.8 Å². The van der Waals surface area contributed by atoms with Gasteiger partial charge in [-0.3, -0.25) is 0 Å². The van der Waals surface area contributed by atoms with Gasteiger partial charge < -0.3 is 0 Å². The molecule has 0 amide bonds. The molecule has 0 saturated carbocycles. The van der Waals surface area contributed by atoms with Crippen molar-refractivity contribution >= 4 is 42.4 Å². The van der Waals surface area contributed by atoms with E-state index in [4.69, 9.17) is 11.6 Å². The molecular formula is C22H18ClN7O4S2. The number of hydrogen-bond donors (Lipinski definition) is 1. The van der Waals surface area contributed by atoms with Crippen molar-refractivity contribution in [3.63, 3.8) is 0 Å². The summed E-state index contributed by atoms with van der Waals surface area (Å²) in [5.41, 5.74) is 3.03. The van der Waals surface area contributed by atoms with Crippen molar-refractivity contribution in [1.82, 2.24) is 34.8 Å². The second-order valence-electron chi connectivity index (χ2n) is 8.24. The molecule has 0 saturated heterocycles. The summed E-state index contributed by atoms with van der Waals surface area (Å²) in [6.07, 6.45) is 4.00. The molecule has 184 valence electrons. The van der Waals surface area contributed by atoms with E-state index in [1.54, 1.807) is 30.3 Å². The number of nitrogens with zero attached hydrogens (tertiary/aromatic N) is 6. The van der Waals surface area contributed by atoms with Gasteiger partial charge in [0.05, 0.1) is 22.4 Å². The lowest BCUT2D eigenvalue weighted by Gasteiger charge is -2.11. The molecule has 2 aromatic carbocycles. The van der Waals surface area contributed by atoms with E-state index in [-0.39, 0.29) is 27.1 Å². The quantitative estimate of drug-likeness (QED) is 0.318. The summed E-state index contributed by atoms with van der Waals surface area (Å²) in [4.78, 5) is 4.21. The molecule has 5 aromatic rings. The first-order valence-electron chi connectivity index (χ1n) is 10.4. The van der Waals surface area contributed by atoms with Crippen LogP contribution in [0.4, 0.5) is 0 Å². The van der Waals surface area contributed by atoms with Crippen LogP contribution in [0, 0.1) is 6.92 Å². The molecule has 0 fully saturated rings. The third-order valence-corrected chi connectivity index (χ3v) is 8.24. The lowest BCUT2D eigenvalue weighted by Crippen LogP contribution is -2.14. The third kappa shape index (κ3) is 4.47. The molecule has 0 atom stereocenters. The van der Waals surface area contributed by atoms with Crippen molar-refractivity contribution in [3.8, 4) is 22.5 Å². The summed E-state index contributed by atoms with van der Waals surface area (Å²) < 4.78 is 51.6. The maximum Gasteiger partial charge on any atom is 0.283 e. The highest BCUT2D eigenvalue weighted by Gasteiger charge is 2.24. The van der Waals surface area contributed by atoms with E-state index in [1.807, 2.05) is 6.92 Å². The Hall–Kier alpha value is -3.68. The molecule has 0 radical (unpaired) electrons. The number of H-pyrrole nitrogens is 1. The largest absolute Gasteiger partial charge is 0.283 e. The smallest absolute Gasteiger partial charge is 0.244 e. The number of aryl methyl sites for hydroxylation is 1. The number of aromatic nitrogens is 7. The number of nitrogens with one attached hydrogen (secondary N) is 1. The fraction of sp³-hybridized carbons (Fsp3) is 0.136. The van der Waals surface area contributed by atoms with Gasteiger partial charge in [-0.1, -0.05) is 29.3 Å². The number of fused-ring (bicyclic) bond motifs is 1. The lowest BCUT2D eigenvalue weighted by molar-refractivity contribution is 0.582. The van der Waals surface area contributed by atoms with E-state index >= 15 is 0 Å². The van der Waals surface area contributed by atoms with Crippen LogP contribution in [0.15, 0.2) is 59.8 Å². The molecule has 0 unspecified atom stereocenters. The second kappa shape index (κ2) is 8.76. The molecule has 0 spiro atoms. The van der Waals surface area contributed by atoms with Crippen LogP contribution in [-0.4, -0.2) is 57.9 Å². The van der Waals surface area contributed by atoms with Crippen LogP contribution < -0.4 is 0 Å². The molecule has 0 bridgehead atoms. The van der Waals surface area contributed by atoms with E-state index in [0.29, 0.717) is 27.6 Å². The number of rotatable bonds is 6. The zero-order valence-corrected chi connectivity index (χ0v) is 21.3. The summed E-state index contributed by atoms with van der Waals surface area (Å²) in [6.45, 7) is 1.86. The maximum atomic E-state index is 13.5.